The summed E-state index contributed by atoms with van der Waals surface area (Å²) in [6.45, 7) is 19.7. The lowest BCUT2D eigenvalue weighted by atomic mass is 10.0. The van der Waals surface area contributed by atoms with E-state index in [0.29, 0.717) is 39.2 Å². The molecule has 1 fully saturated rings. The van der Waals surface area contributed by atoms with Crippen LogP contribution in [0.4, 0.5) is 0 Å². The Hall–Kier alpha value is -1.19. The molecular weight excluding hydrogens is 1140 g/mol. The van der Waals surface area contributed by atoms with Gasteiger partial charge in [0.1, 0.15) is 6.61 Å². The largest absolute Gasteiger partial charge is 0.464 e. The van der Waals surface area contributed by atoms with Crippen molar-refractivity contribution >= 4 is 27.6 Å². The molecule has 0 saturated carbocycles. The summed E-state index contributed by atoms with van der Waals surface area (Å²) in [6, 6.07) is 0. The molecule has 1 rings (SSSR count). The van der Waals surface area contributed by atoms with Crippen LogP contribution < -0.4 is 0 Å². The summed E-state index contributed by atoms with van der Waals surface area (Å²) in [6.07, 6.45) is 68.7. The van der Waals surface area contributed by atoms with Gasteiger partial charge in [0, 0.05) is 83.4 Å². The van der Waals surface area contributed by atoms with E-state index in [2.05, 4.69) is 95.9 Å². The lowest BCUT2D eigenvalue weighted by Gasteiger charge is -2.34. The normalized spacial score (nSPS) is 15.2. The SMILES string of the molecule is CCCCC/C=C\C/C=C\CCCCCC[C@@H](O)CN(CCCCC(=O)OCCN1CCN(CCSSCCCCN(CC(O)CCCCCCCCCC)CC(O)CCCCCCCCCC)CC1)C[C@H](O)CCCCCC/C=C\C/C=C\CCCCC. The number of aliphatic hydroxyl groups excluding tert-OH is 4. The van der Waals surface area contributed by atoms with E-state index in [9.17, 15) is 25.2 Å². The maximum Gasteiger partial charge on any atom is 0.305 e. The summed E-state index contributed by atoms with van der Waals surface area (Å²) in [5, 5.41) is 44.4. The predicted molar refractivity (Wildman–Crippen MR) is 393 cm³/mol. The minimum Gasteiger partial charge on any atom is -0.464 e. The number of hydrogen-bond acceptors (Lipinski definition) is 12. The first-order valence-corrected chi connectivity index (χ1v) is 40.8. The standard InChI is InChI=1S/C77H148N4O6S2/c1-5-9-13-17-21-25-27-29-31-33-35-39-43-47-53-73(82)69-80(70-74(83)54-48-44-40-36-34-32-30-28-26-22-18-14-10-6-2)58-50-49-57-77(86)87-66-64-78-60-62-79(63-61-78)65-68-89-88-67-52-51-59-81(71-75(84)55-45-41-37-23-19-15-11-7-3)72-76(85)56-46-42-38-24-20-16-12-8-4/h21-22,25-26,29-32,73-76,82-85H,5-20,23-24,27-28,33-72H2,1-4H3/b25-21-,26-22-,31-29-,32-30-/t73-,74-,75?,76?/m1/s1. The smallest absolute Gasteiger partial charge is 0.305 e. The molecule has 0 aliphatic carbocycles. The number of allylic oxidation sites excluding steroid dienone is 8. The van der Waals surface area contributed by atoms with Crippen LogP contribution in [0, 0.1) is 0 Å². The number of carbonyl (C=O) groups is 1. The fourth-order valence-electron chi connectivity index (χ4n) is 12.1. The Morgan fingerprint density at radius 1 is 0.382 bits per heavy atom. The van der Waals surface area contributed by atoms with Crippen molar-refractivity contribution in [1.82, 2.24) is 19.6 Å². The molecule has 0 aromatic heterocycles. The van der Waals surface area contributed by atoms with Crippen LogP contribution in [-0.2, 0) is 9.53 Å². The van der Waals surface area contributed by atoms with Crippen molar-refractivity contribution in [2.75, 3.05) is 96.6 Å². The van der Waals surface area contributed by atoms with Crippen molar-refractivity contribution < 1.29 is 30.0 Å². The van der Waals surface area contributed by atoms with E-state index in [1.54, 1.807) is 0 Å². The van der Waals surface area contributed by atoms with E-state index in [0.717, 1.165) is 179 Å². The quantitative estimate of drug-likeness (QED) is 0.0201. The lowest BCUT2D eigenvalue weighted by Crippen LogP contribution is -2.47. The Morgan fingerprint density at radius 3 is 1.09 bits per heavy atom. The van der Waals surface area contributed by atoms with Crippen LogP contribution >= 0.6 is 21.6 Å². The van der Waals surface area contributed by atoms with Crippen molar-refractivity contribution in [2.24, 2.45) is 0 Å². The number of carbonyl (C=O) groups excluding carboxylic acids is 1. The van der Waals surface area contributed by atoms with Crippen molar-refractivity contribution in [2.45, 2.75) is 341 Å². The van der Waals surface area contributed by atoms with E-state index in [4.69, 9.17) is 4.74 Å². The van der Waals surface area contributed by atoms with Gasteiger partial charge in [0.15, 0.2) is 0 Å². The summed E-state index contributed by atoms with van der Waals surface area (Å²) in [5.74, 6) is 2.13. The number of aliphatic hydroxyl groups is 4. The molecule has 0 radical (unpaired) electrons. The number of rotatable bonds is 69. The Labute approximate surface area is 560 Å². The van der Waals surface area contributed by atoms with E-state index in [1.807, 2.05) is 21.6 Å². The zero-order valence-corrected chi connectivity index (χ0v) is 60.7. The summed E-state index contributed by atoms with van der Waals surface area (Å²) in [7, 11) is 3.99. The minimum absolute atomic E-state index is 0.122. The number of piperazine rings is 1. The average molecular weight is 1290 g/mol. The second-order valence-electron chi connectivity index (χ2n) is 26.7. The highest BCUT2D eigenvalue weighted by atomic mass is 33.1. The molecule has 524 valence electrons. The monoisotopic (exact) mass is 1290 g/mol. The molecular formula is C77H148N4O6S2. The van der Waals surface area contributed by atoms with E-state index in [1.165, 1.54) is 167 Å². The molecule has 10 nitrogen and oxygen atoms in total. The molecule has 89 heavy (non-hydrogen) atoms. The van der Waals surface area contributed by atoms with Gasteiger partial charge in [-0.1, -0.05) is 265 Å². The Bertz CT molecular complexity index is 1500. The Balaban J connectivity index is 2.39. The van der Waals surface area contributed by atoms with Gasteiger partial charge in [-0.3, -0.25) is 24.4 Å². The highest BCUT2D eigenvalue weighted by Gasteiger charge is 2.20. The van der Waals surface area contributed by atoms with Crippen LogP contribution in [0.25, 0.3) is 0 Å². The summed E-state index contributed by atoms with van der Waals surface area (Å²) < 4.78 is 5.74. The Kier molecular flexibility index (Phi) is 65.8. The lowest BCUT2D eigenvalue weighted by molar-refractivity contribution is -0.144. The van der Waals surface area contributed by atoms with Crippen LogP contribution in [0.15, 0.2) is 48.6 Å². The average Bonchev–Trinajstić information content (AvgIpc) is 3.61. The van der Waals surface area contributed by atoms with Gasteiger partial charge in [-0.25, -0.2) is 0 Å². The number of hydrogen-bond donors (Lipinski definition) is 4. The van der Waals surface area contributed by atoms with Gasteiger partial charge in [0.05, 0.1) is 24.4 Å². The molecule has 2 unspecified atom stereocenters. The number of unbranched alkanes of at least 4 members (excludes halogenated alkanes) is 30. The van der Waals surface area contributed by atoms with Crippen LogP contribution in [-0.4, -0.2) is 167 Å². The molecule has 0 amide bonds. The third-order valence-electron chi connectivity index (χ3n) is 17.9. The molecule has 0 spiro atoms. The molecule has 1 aliphatic heterocycles. The van der Waals surface area contributed by atoms with Crippen molar-refractivity contribution in [3.8, 4) is 0 Å². The van der Waals surface area contributed by atoms with Gasteiger partial charge in [0.25, 0.3) is 0 Å². The third kappa shape index (κ3) is 61.4. The summed E-state index contributed by atoms with van der Waals surface area (Å²) >= 11 is 0. The van der Waals surface area contributed by atoms with Gasteiger partial charge in [-0.2, -0.15) is 0 Å². The molecule has 12 heteroatoms. The predicted octanol–water partition coefficient (Wildman–Crippen LogP) is 19.4. The van der Waals surface area contributed by atoms with E-state index in [-0.39, 0.29) is 18.2 Å². The summed E-state index contributed by atoms with van der Waals surface area (Å²) in [4.78, 5) is 22.5. The molecule has 1 aliphatic rings. The maximum atomic E-state index is 12.9. The van der Waals surface area contributed by atoms with Gasteiger partial charge in [0.2, 0.25) is 0 Å². The molecule has 4 atom stereocenters. The van der Waals surface area contributed by atoms with Crippen LogP contribution in [0.3, 0.4) is 0 Å². The van der Waals surface area contributed by atoms with Crippen molar-refractivity contribution in [3.63, 3.8) is 0 Å². The van der Waals surface area contributed by atoms with Gasteiger partial charge in [-0.15, -0.1) is 0 Å². The maximum absolute atomic E-state index is 12.9. The van der Waals surface area contributed by atoms with Crippen molar-refractivity contribution in [1.29, 1.82) is 0 Å². The topological polar surface area (TPSA) is 120 Å². The van der Waals surface area contributed by atoms with Gasteiger partial charge < -0.3 is 25.2 Å². The van der Waals surface area contributed by atoms with Gasteiger partial charge >= 0.3 is 5.97 Å². The molecule has 0 aromatic carbocycles. The zero-order valence-electron chi connectivity index (χ0n) is 59.1. The molecule has 1 heterocycles. The fraction of sp³-hybridized carbons (Fsp3) is 0.883. The summed E-state index contributed by atoms with van der Waals surface area (Å²) in [5.41, 5.74) is 0. The number of nitrogens with zero attached hydrogens (tertiary/aromatic N) is 4. The number of ether oxygens (including phenoxy) is 1. The number of esters is 1. The highest BCUT2D eigenvalue weighted by molar-refractivity contribution is 8.76. The first kappa shape index (κ1) is 85.8. The first-order chi connectivity index (χ1) is 43.7. The zero-order chi connectivity index (χ0) is 64.4. The highest BCUT2D eigenvalue weighted by Crippen LogP contribution is 2.24. The van der Waals surface area contributed by atoms with Crippen LogP contribution in [0.5, 0.6) is 0 Å². The Morgan fingerprint density at radius 2 is 0.697 bits per heavy atom. The fourth-order valence-corrected chi connectivity index (χ4v) is 14.3. The van der Waals surface area contributed by atoms with Crippen LogP contribution in [0.2, 0.25) is 0 Å². The van der Waals surface area contributed by atoms with E-state index >= 15 is 0 Å². The first-order valence-electron chi connectivity index (χ1n) is 38.3. The second-order valence-corrected chi connectivity index (χ2v) is 29.4. The molecule has 4 N–H and O–H groups in total. The van der Waals surface area contributed by atoms with Gasteiger partial charge in [-0.05, 0) is 129 Å². The van der Waals surface area contributed by atoms with Crippen LogP contribution in [0.1, 0.15) is 317 Å². The second kappa shape index (κ2) is 68.2. The molecule has 0 bridgehead atoms. The van der Waals surface area contributed by atoms with Crippen molar-refractivity contribution in [3.05, 3.63) is 48.6 Å². The van der Waals surface area contributed by atoms with E-state index < -0.39 is 12.2 Å². The molecule has 0 aromatic rings. The molecule has 1 saturated heterocycles. The third-order valence-corrected chi connectivity index (χ3v) is 20.4. The minimum atomic E-state index is -0.410.